The number of rotatable bonds is 5. The number of aliphatic hydroxyl groups excluding tert-OH is 7. The Hall–Kier alpha value is -1.67. The maximum atomic E-state index is 10.4. The first-order valence-electron chi connectivity index (χ1n) is 8.84. The third-order valence-electron chi connectivity index (χ3n) is 4.58. The lowest BCUT2D eigenvalue weighted by Crippen LogP contribution is -2.62. The molecule has 0 saturated carbocycles. The van der Waals surface area contributed by atoms with Gasteiger partial charge in [0.25, 0.3) is 0 Å². The first-order chi connectivity index (χ1) is 13.4. The molecule has 10 N–H and O–H groups in total. The van der Waals surface area contributed by atoms with E-state index in [1.807, 2.05) is 0 Å². The van der Waals surface area contributed by atoms with Crippen LogP contribution in [-0.4, -0.2) is 96.0 Å². The Morgan fingerprint density at radius 2 is 1.55 bits per heavy atom. The lowest BCUT2D eigenvalue weighted by Gasteiger charge is -2.45. The highest BCUT2D eigenvalue weighted by atomic mass is 16.7. The van der Waals surface area contributed by atoms with Crippen molar-refractivity contribution in [3.8, 4) is 0 Å². The van der Waals surface area contributed by atoms with Gasteiger partial charge in [0, 0.05) is 11.3 Å². The summed E-state index contributed by atoms with van der Waals surface area (Å²) in [7, 11) is 0. The molecule has 0 radical (unpaired) electrons. The van der Waals surface area contributed by atoms with Gasteiger partial charge in [-0.2, -0.15) is 0 Å². The Bertz CT molecular complexity index is 642. The van der Waals surface area contributed by atoms with E-state index in [9.17, 15) is 25.2 Å². The smallest absolute Gasteiger partial charge is 0.222 e. The van der Waals surface area contributed by atoms with Gasteiger partial charge in [0.05, 0.1) is 12.2 Å². The summed E-state index contributed by atoms with van der Waals surface area (Å²) < 4.78 is 5.25. The highest BCUT2D eigenvalue weighted by molar-refractivity contribution is 5.56. The third kappa shape index (κ3) is 5.92. The average molecular weight is 419 g/mol. The molecule has 0 amide bonds. The fourth-order valence-electron chi connectivity index (χ4n) is 2.65. The van der Waals surface area contributed by atoms with Gasteiger partial charge in [0.15, 0.2) is 6.29 Å². The van der Waals surface area contributed by atoms with Gasteiger partial charge in [-0.25, -0.2) is 0 Å². The molecule has 1 aromatic carbocycles. The molecule has 0 bridgehead atoms. The summed E-state index contributed by atoms with van der Waals surface area (Å²) in [4.78, 5) is 9.87. The number of aldehydes is 1. The van der Waals surface area contributed by atoms with Gasteiger partial charge in [-0.05, 0) is 26.0 Å². The van der Waals surface area contributed by atoms with Crippen molar-refractivity contribution in [2.24, 2.45) is 0 Å². The van der Waals surface area contributed by atoms with Crippen LogP contribution >= 0.6 is 0 Å². The second-order valence-electron chi connectivity index (χ2n) is 6.92. The minimum absolute atomic E-state index is 0.0935. The minimum Gasteiger partial charge on any atom is -0.399 e. The molecular weight excluding hydrogens is 390 g/mol. The summed E-state index contributed by atoms with van der Waals surface area (Å²) in [6, 6.07) is 6.09. The SMILES string of the molecule is C[C@@H]1O[C@@](O)(c2ccc(N)cc2)[C@@H](O)[C@H](O)[C@@H]1O.C[C@H](O)[C@@H](O)[C@@H](O)[C@H](O)C=O. The average Bonchev–Trinajstić information content (AvgIpc) is 2.69. The number of aliphatic hydroxyl groups is 8. The molecule has 1 fully saturated rings. The summed E-state index contributed by atoms with van der Waals surface area (Å²) in [5.74, 6) is -2.06. The second kappa shape index (κ2) is 10.4. The zero-order chi connectivity index (χ0) is 22.5. The Balaban J connectivity index is 0.000000331. The molecule has 1 heterocycles. The summed E-state index contributed by atoms with van der Waals surface area (Å²) in [5, 5.41) is 74.6. The first-order valence-corrected chi connectivity index (χ1v) is 8.84. The molecule has 0 spiro atoms. The number of benzene rings is 1. The van der Waals surface area contributed by atoms with E-state index in [2.05, 4.69) is 0 Å². The predicted molar refractivity (Wildman–Crippen MR) is 99.1 cm³/mol. The molecule has 1 aliphatic heterocycles. The number of ether oxygens (including phenoxy) is 1. The van der Waals surface area contributed by atoms with Gasteiger partial charge in [-0.15, -0.1) is 0 Å². The summed E-state index contributed by atoms with van der Waals surface area (Å²) in [5.41, 5.74) is 6.30. The molecule has 1 aromatic rings. The van der Waals surface area contributed by atoms with Gasteiger partial charge in [-0.1, -0.05) is 12.1 Å². The zero-order valence-electron chi connectivity index (χ0n) is 16.0. The van der Waals surface area contributed by atoms with Crippen molar-refractivity contribution < 1.29 is 50.4 Å². The number of hydrogen-bond acceptors (Lipinski definition) is 11. The number of nitrogens with two attached hydrogens (primary N) is 1. The van der Waals surface area contributed by atoms with E-state index < -0.39 is 54.6 Å². The van der Waals surface area contributed by atoms with E-state index in [0.717, 1.165) is 0 Å². The van der Waals surface area contributed by atoms with E-state index in [1.165, 1.54) is 26.0 Å². The number of anilines is 1. The molecule has 0 aliphatic carbocycles. The Labute approximate surface area is 167 Å². The molecule has 0 aromatic heterocycles. The van der Waals surface area contributed by atoms with E-state index in [0.29, 0.717) is 5.69 Å². The molecular formula is C18H29NO10. The summed E-state index contributed by atoms with van der Waals surface area (Å²) in [6.07, 6.45) is -11.1. The van der Waals surface area contributed by atoms with Crippen LogP contribution in [-0.2, 0) is 15.3 Å². The van der Waals surface area contributed by atoms with Crippen LogP contribution in [0, 0.1) is 0 Å². The zero-order valence-corrected chi connectivity index (χ0v) is 16.0. The van der Waals surface area contributed by atoms with Gasteiger partial charge >= 0.3 is 0 Å². The monoisotopic (exact) mass is 419 g/mol. The molecule has 11 heteroatoms. The van der Waals surface area contributed by atoms with Crippen molar-refractivity contribution in [1.82, 2.24) is 0 Å². The van der Waals surface area contributed by atoms with Crippen molar-refractivity contribution in [3.05, 3.63) is 29.8 Å². The largest absolute Gasteiger partial charge is 0.399 e. The topological polar surface area (TPSA) is 214 Å². The van der Waals surface area contributed by atoms with Crippen LogP contribution < -0.4 is 5.73 Å². The van der Waals surface area contributed by atoms with Crippen molar-refractivity contribution in [1.29, 1.82) is 0 Å². The van der Waals surface area contributed by atoms with Crippen LogP contribution in [0.3, 0.4) is 0 Å². The van der Waals surface area contributed by atoms with Crippen molar-refractivity contribution >= 4 is 12.0 Å². The quantitative estimate of drug-likeness (QED) is 0.169. The fourth-order valence-corrected chi connectivity index (χ4v) is 2.65. The fraction of sp³-hybridized carbons (Fsp3) is 0.611. The van der Waals surface area contributed by atoms with E-state index in [1.54, 1.807) is 12.1 Å². The van der Waals surface area contributed by atoms with Crippen LogP contribution in [0.4, 0.5) is 5.69 Å². The Kier molecular flexibility index (Phi) is 9.09. The van der Waals surface area contributed by atoms with Gasteiger partial charge in [-0.3, -0.25) is 0 Å². The standard InChI is InChI=1S/C12H17NO5.C6H12O5/c1-6-9(14)10(15)11(16)12(17,18-6)7-2-4-8(13)5-3-7;1-3(8)5(10)6(11)4(9)2-7/h2-6,9-11,14-17H,13H2,1H3;2-6,8-11H,1H3/t6-,9+,10+,11-,12-;3-,4+,5+,6-/m00/s1. The molecule has 11 nitrogen and oxygen atoms in total. The molecule has 1 aliphatic rings. The van der Waals surface area contributed by atoms with Crippen LogP contribution in [0.15, 0.2) is 24.3 Å². The Morgan fingerprint density at radius 1 is 1.03 bits per heavy atom. The maximum Gasteiger partial charge on any atom is 0.222 e. The maximum absolute atomic E-state index is 10.4. The summed E-state index contributed by atoms with van der Waals surface area (Å²) >= 11 is 0. The Morgan fingerprint density at radius 3 is 2.00 bits per heavy atom. The minimum atomic E-state index is -2.06. The lowest BCUT2D eigenvalue weighted by molar-refractivity contribution is -0.351. The van der Waals surface area contributed by atoms with Gasteiger partial charge in [0.2, 0.25) is 5.79 Å². The highest BCUT2D eigenvalue weighted by Gasteiger charge is 2.52. The number of carbonyl (C=O) groups excluding carboxylic acids is 1. The number of nitrogen functional groups attached to an aromatic ring is 1. The second-order valence-corrected chi connectivity index (χ2v) is 6.92. The predicted octanol–water partition coefficient (Wildman–Crippen LogP) is -3.44. The number of carbonyl (C=O) groups is 1. The molecule has 29 heavy (non-hydrogen) atoms. The first kappa shape index (κ1) is 25.4. The van der Waals surface area contributed by atoms with Crippen LogP contribution in [0.25, 0.3) is 0 Å². The van der Waals surface area contributed by atoms with Crippen LogP contribution in [0.1, 0.15) is 19.4 Å². The molecule has 0 unspecified atom stereocenters. The molecule has 9 atom stereocenters. The van der Waals surface area contributed by atoms with Crippen molar-refractivity contribution in [2.45, 2.75) is 68.5 Å². The van der Waals surface area contributed by atoms with E-state index >= 15 is 0 Å². The van der Waals surface area contributed by atoms with Crippen molar-refractivity contribution in [2.75, 3.05) is 5.73 Å². The van der Waals surface area contributed by atoms with E-state index in [-0.39, 0.29) is 11.8 Å². The van der Waals surface area contributed by atoms with E-state index in [4.69, 9.17) is 30.9 Å². The number of hydrogen-bond donors (Lipinski definition) is 9. The van der Waals surface area contributed by atoms with Gasteiger partial charge < -0.3 is 56.1 Å². The van der Waals surface area contributed by atoms with Crippen molar-refractivity contribution in [3.63, 3.8) is 0 Å². The van der Waals surface area contributed by atoms with Gasteiger partial charge in [0.1, 0.15) is 36.6 Å². The third-order valence-corrected chi connectivity index (χ3v) is 4.58. The normalized spacial score (nSPS) is 33.6. The lowest BCUT2D eigenvalue weighted by atomic mass is 9.88. The molecule has 2 rings (SSSR count). The highest BCUT2D eigenvalue weighted by Crippen LogP contribution is 2.36. The van der Waals surface area contributed by atoms with Crippen LogP contribution in [0.5, 0.6) is 0 Å². The molecule has 166 valence electrons. The molecule has 1 saturated heterocycles. The van der Waals surface area contributed by atoms with Crippen LogP contribution in [0.2, 0.25) is 0 Å². The summed E-state index contributed by atoms with van der Waals surface area (Å²) in [6.45, 7) is 2.74.